The first-order chi connectivity index (χ1) is 11.7. The zero-order valence-electron chi connectivity index (χ0n) is 14.5. The fourth-order valence-electron chi connectivity index (χ4n) is 2.64. The largest absolute Gasteiger partial charge is 0.497 e. The van der Waals surface area contributed by atoms with Crippen LogP contribution in [0.1, 0.15) is 18.9 Å². The molecule has 0 aromatic heterocycles. The van der Waals surface area contributed by atoms with Gasteiger partial charge in [-0.15, -0.1) is 0 Å². The minimum Gasteiger partial charge on any atom is -0.497 e. The molecule has 130 valence electrons. The summed E-state index contributed by atoms with van der Waals surface area (Å²) in [6, 6.07) is 17.6. The molecule has 0 saturated heterocycles. The molecule has 0 heterocycles. The van der Waals surface area contributed by atoms with E-state index in [1.807, 2.05) is 48.5 Å². The van der Waals surface area contributed by atoms with E-state index in [4.69, 9.17) is 9.47 Å². The number of nitrogens with zero attached hydrogens (tertiary/aromatic N) is 1. The predicted molar refractivity (Wildman–Crippen MR) is 96.5 cm³/mol. The summed E-state index contributed by atoms with van der Waals surface area (Å²) in [5.41, 5.74) is 1.18. The third kappa shape index (κ3) is 6.22. The average Bonchev–Trinajstić information content (AvgIpc) is 2.61. The highest BCUT2D eigenvalue weighted by Gasteiger charge is 2.13. The van der Waals surface area contributed by atoms with Crippen LogP contribution in [0.5, 0.6) is 11.5 Å². The van der Waals surface area contributed by atoms with Gasteiger partial charge in [0.2, 0.25) is 0 Å². The van der Waals surface area contributed by atoms with Gasteiger partial charge in [0.05, 0.1) is 7.11 Å². The van der Waals surface area contributed by atoms with E-state index >= 15 is 0 Å². The zero-order valence-corrected chi connectivity index (χ0v) is 14.5. The Morgan fingerprint density at radius 3 is 2.50 bits per heavy atom. The van der Waals surface area contributed by atoms with Gasteiger partial charge in [-0.3, -0.25) is 4.90 Å². The summed E-state index contributed by atoms with van der Waals surface area (Å²) in [6.45, 7) is 4.73. The molecule has 4 heteroatoms. The molecule has 0 fully saturated rings. The maximum Gasteiger partial charge on any atom is 0.119 e. The van der Waals surface area contributed by atoms with E-state index < -0.39 is 6.10 Å². The van der Waals surface area contributed by atoms with Crippen molar-refractivity contribution in [2.45, 2.75) is 26.0 Å². The predicted octanol–water partition coefficient (Wildman–Crippen LogP) is 3.35. The summed E-state index contributed by atoms with van der Waals surface area (Å²) in [6.07, 6.45) is 0.512. The Kier molecular flexibility index (Phi) is 7.59. The third-order valence-corrected chi connectivity index (χ3v) is 3.73. The summed E-state index contributed by atoms with van der Waals surface area (Å²) in [5, 5.41) is 10.3. The number of hydrogen-bond donors (Lipinski definition) is 1. The lowest BCUT2D eigenvalue weighted by atomic mass is 10.2. The monoisotopic (exact) mass is 329 g/mol. The van der Waals surface area contributed by atoms with E-state index in [0.29, 0.717) is 13.2 Å². The van der Waals surface area contributed by atoms with Crippen molar-refractivity contribution in [3.05, 3.63) is 60.2 Å². The second kappa shape index (κ2) is 9.96. The van der Waals surface area contributed by atoms with Crippen LogP contribution in [0.3, 0.4) is 0 Å². The smallest absolute Gasteiger partial charge is 0.119 e. The molecule has 0 radical (unpaired) electrons. The minimum absolute atomic E-state index is 0.294. The number of hydrogen-bond acceptors (Lipinski definition) is 4. The number of aliphatic hydroxyl groups is 1. The SMILES string of the molecule is CCCN(Cc1cccc(OC)c1)CC(O)COc1ccccc1. The molecule has 1 N–H and O–H groups in total. The maximum absolute atomic E-state index is 10.3. The van der Waals surface area contributed by atoms with Gasteiger partial charge in [0.15, 0.2) is 0 Å². The first-order valence-corrected chi connectivity index (χ1v) is 8.42. The van der Waals surface area contributed by atoms with Crippen molar-refractivity contribution in [2.75, 3.05) is 26.8 Å². The second-order valence-corrected chi connectivity index (χ2v) is 5.86. The molecular formula is C20H27NO3. The maximum atomic E-state index is 10.3. The number of rotatable bonds is 10. The molecular weight excluding hydrogens is 302 g/mol. The molecule has 2 aromatic carbocycles. The number of aliphatic hydroxyl groups excluding tert-OH is 1. The van der Waals surface area contributed by atoms with Crippen LogP contribution < -0.4 is 9.47 Å². The average molecular weight is 329 g/mol. The molecule has 24 heavy (non-hydrogen) atoms. The van der Waals surface area contributed by atoms with Gasteiger partial charge in [0, 0.05) is 13.1 Å². The molecule has 0 aliphatic heterocycles. The molecule has 0 aliphatic carbocycles. The Bertz CT molecular complexity index is 588. The Labute approximate surface area is 144 Å². The van der Waals surface area contributed by atoms with Crippen LogP contribution in [0.25, 0.3) is 0 Å². The summed E-state index contributed by atoms with van der Waals surface area (Å²) < 4.78 is 10.9. The van der Waals surface area contributed by atoms with Gasteiger partial charge >= 0.3 is 0 Å². The molecule has 0 saturated carbocycles. The Morgan fingerprint density at radius 1 is 1.04 bits per heavy atom. The van der Waals surface area contributed by atoms with Crippen molar-refractivity contribution in [2.24, 2.45) is 0 Å². The van der Waals surface area contributed by atoms with Crippen LogP contribution in [-0.4, -0.2) is 42.9 Å². The highest BCUT2D eigenvalue weighted by Crippen LogP contribution is 2.15. The van der Waals surface area contributed by atoms with E-state index in [9.17, 15) is 5.11 Å². The Hall–Kier alpha value is -2.04. The highest BCUT2D eigenvalue weighted by molar-refractivity contribution is 5.28. The number of methoxy groups -OCH3 is 1. The van der Waals surface area contributed by atoms with Gasteiger partial charge in [-0.25, -0.2) is 0 Å². The van der Waals surface area contributed by atoms with Gasteiger partial charge in [-0.05, 0) is 42.8 Å². The molecule has 1 atom stereocenters. The van der Waals surface area contributed by atoms with E-state index in [0.717, 1.165) is 31.0 Å². The lowest BCUT2D eigenvalue weighted by Crippen LogP contribution is -2.35. The molecule has 0 spiro atoms. The van der Waals surface area contributed by atoms with Crippen molar-refractivity contribution in [3.63, 3.8) is 0 Å². The first-order valence-electron chi connectivity index (χ1n) is 8.42. The molecule has 2 aromatic rings. The summed E-state index contributed by atoms with van der Waals surface area (Å²) in [7, 11) is 1.67. The summed E-state index contributed by atoms with van der Waals surface area (Å²) in [5.74, 6) is 1.64. The number of benzene rings is 2. The van der Waals surface area contributed by atoms with Gasteiger partial charge < -0.3 is 14.6 Å². The van der Waals surface area contributed by atoms with Crippen LogP contribution in [0.15, 0.2) is 54.6 Å². The normalized spacial score (nSPS) is 12.2. The molecule has 1 unspecified atom stereocenters. The van der Waals surface area contributed by atoms with Gasteiger partial charge in [-0.1, -0.05) is 37.3 Å². The van der Waals surface area contributed by atoms with Crippen LogP contribution >= 0.6 is 0 Å². The van der Waals surface area contributed by atoms with Crippen LogP contribution in [0, 0.1) is 0 Å². The Morgan fingerprint density at radius 2 is 1.79 bits per heavy atom. The van der Waals surface area contributed by atoms with Crippen molar-refractivity contribution >= 4 is 0 Å². The minimum atomic E-state index is -0.526. The lowest BCUT2D eigenvalue weighted by molar-refractivity contribution is 0.0656. The van der Waals surface area contributed by atoms with Crippen LogP contribution in [-0.2, 0) is 6.54 Å². The van der Waals surface area contributed by atoms with E-state index in [1.54, 1.807) is 7.11 Å². The molecule has 0 amide bonds. The fraction of sp³-hybridized carbons (Fsp3) is 0.400. The molecule has 0 aliphatic rings. The summed E-state index contributed by atoms with van der Waals surface area (Å²) >= 11 is 0. The topological polar surface area (TPSA) is 41.9 Å². The number of para-hydroxylation sites is 1. The third-order valence-electron chi connectivity index (χ3n) is 3.73. The van der Waals surface area contributed by atoms with Crippen LogP contribution in [0.2, 0.25) is 0 Å². The standard InChI is InChI=1S/C20H27NO3/c1-3-12-21(14-17-8-7-11-20(13-17)23-2)15-18(22)16-24-19-9-5-4-6-10-19/h4-11,13,18,22H,3,12,14-16H2,1-2H3. The number of ether oxygens (including phenoxy) is 2. The van der Waals surface area contributed by atoms with Gasteiger partial charge in [-0.2, -0.15) is 0 Å². The van der Waals surface area contributed by atoms with Crippen molar-refractivity contribution in [3.8, 4) is 11.5 Å². The molecule has 2 rings (SSSR count). The highest BCUT2D eigenvalue weighted by atomic mass is 16.5. The summed E-state index contributed by atoms with van der Waals surface area (Å²) in [4.78, 5) is 2.24. The first kappa shape index (κ1) is 18.3. The van der Waals surface area contributed by atoms with Crippen molar-refractivity contribution in [1.29, 1.82) is 0 Å². The zero-order chi connectivity index (χ0) is 17.2. The van der Waals surface area contributed by atoms with E-state index in [-0.39, 0.29) is 0 Å². The van der Waals surface area contributed by atoms with Gasteiger partial charge in [0.1, 0.15) is 24.2 Å². The van der Waals surface area contributed by atoms with Crippen LogP contribution in [0.4, 0.5) is 0 Å². The molecule has 4 nitrogen and oxygen atoms in total. The van der Waals surface area contributed by atoms with Crippen molar-refractivity contribution in [1.82, 2.24) is 4.90 Å². The van der Waals surface area contributed by atoms with Crippen molar-refractivity contribution < 1.29 is 14.6 Å². The molecule has 0 bridgehead atoms. The second-order valence-electron chi connectivity index (χ2n) is 5.86. The van der Waals surface area contributed by atoms with E-state index in [1.165, 1.54) is 5.56 Å². The van der Waals surface area contributed by atoms with E-state index in [2.05, 4.69) is 17.9 Å². The Balaban J connectivity index is 1.87. The lowest BCUT2D eigenvalue weighted by Gasteiger charge is -2.25. The quantitative estimate of drug-likeness (QED) is 0.726. The fourth-order valence-corrected chi connectivity index (χ4v) is 2.64. The van der Waals surface area contributed by atoms with Gasteiger partial charge in [0.25, 0.3) is 0 Å².